The Morgan fingerprint density at radius 2 is 1.59 bits per heavy atom. The summed E-state index contributed by atoms with van der Waals surface area (Å²) in [5.74, 6) is 0.00500. The van der Waals surface area contributed by atoms with E-state index in [4.69, 9.17) is 0 Å². The van der Waals surface area contributed by atoms with Gasteiger partial charge in [0.05, 0.1) is 13.0 Å². The quantitative estimate of drug-likeness (QED) is 0.525. The van der Waals surface area contributed by atoms with Crippen LogP contribution in [0.25, 0.3) is 0 Å². The lowest BCUT2D eigenvalue weighted by Gasteiger charge is -2.24. The van der Waals surface area contributed by atoms with Gasteiger partial charge < -0.3 is 15.1 Å². The highest BCUT2D eigenvalue weighted by molar-refractivity contribution is 5.94. The molecule has 1 aromatic heterocycles. The van der Waals surface area contributed by atoms with E-state index in [2.05, 4.69) is 10.3 Å². The summed E-state index contributed by atoms with van der Waals surface area (Å²) in [6, 6.07) is 21.2. The number of nitrogens with one attached hydrogen (secondary N) is 1. The van der Waals surface area contributed by atoms with Gasteiger partial charge in [-0.1, -0.05) is 36.4 Å². The fourth-order valence-corrected chi connectivity index (χ4v) is 3.53. The van der Waals surface area contributed by atoms with Gasteiger partial charge in [-0.3, -0.25) is 14.6 Å². The zero-order valence-electron chi connectivity index (χ0n) is 18.7. The van der Waals surface area contributed by atoms with E-state index in [1.165, 1.54) is 0 Å². The molecule has 0 aliphatic heterocycles. The van der Waals surface area contributed by atoms with Crippen molar-refractivity contribution in [2.45, 2.75) is 26.8 Å². The summed E-state index contributed by atoms with van der Waals surface area (Å²) in [4.78, 5) is 33.1. The van der Waals surface area contributed by atoms with Crippen LogP contribution in [0.3, 0.4) is 0 Å². The molecule has 0 saturated carbocycles. The number of hydrogen-bond donors (Lipinski definition) is 1. The Morgan fingerprint density at radius 3 is 2.22 bits per heavy atom. The Bertz CT molecular complexity index is 987. The minimum atomic E-state index is -0.107. The van der Waals surface area contributed by atoms with E-state index in [1.54, 1.807) is 6.20 Å². The first-order chi connectivity index (χ1) is 15.6. The predicted molar refractivity (Wildman–Crippen MR) is 128 cm³/mol. The summed E-state index contributed by atoms with van der Waals surface area (Å²) in [6.07, 6.45) is 3.91. The van der Waals surface area contributed by atoms with E-state index in [1.807, 2.05) is 96.6 Å². The van der Waals surface area contributed by atoms with Crippen molar-refractivity contribution in [1.82, 2.24) is 9.88 Å². The second kappa shape index (κ2) is 11.6. The van der Waals surface area contributed by atoms with Crippen LogP contribution in [-0.4, -0.2) is 41.3 Å². The van der Waals surface area contributed by atoms with Gasteiger partial charge in [0.2, 0.25) is 11.8 Å². The number of carbonyl (C=O) groups is 2. The van der Waals surface area contributed by atoms with Gasteiger partial charge in [0.1, 0.15) is 0 Å². The molecule has 0 spiro atoms. The summed E-state index contributed by atoms with van der Waals surface area (Å²) >= 11 is 0. The monoisotopic (exact) mass is 430 g/mol. The molecule has 0 aliphatic carbocycles. The van der Waals surface area contributed by atoms with Crippen LogP contribution in [0.5, 0.6) is 0 Å². The Kier molecular flexibility index (Phi) is 8.37. The second-order valence-corrected chi connectivity index (χ2v) is 7.54. The van der Waals surface area contributed by atoms with Crippen LogP contribution in [0.2, 0.25) is 0 Å². The van der Waals surface area contributed by atoms with Crippen molar-refractivity contribution in [3.63, 3.8) is 0 Å². The number of likely N-dealkylation sites (N-methyl/N-ethyl adjacent to an activating group) is 1. The highest BCUT2D eigenvalue weighted by Crippen LogP contribution is 2.17. The van der Waals surface area contributed by atoms with Crippen molar-refractivity contribution >= 4 is 23.2 Å². The molecule has 166 valence electrons. The van der Waals surface area contributed by atoms with Crippen LogP contribution >= 0.6 is 0 Å². The molecule has 0 saturated heterocycles. The van der Waals surface area contributed by atoms with Crippen molar-refractivity contribution in [1.29, 1.82) is 0 Å². The van der Waals surface area contributed by atoms with E-state index in [0.29, 0.717) is 31.7 Å². The van der Waals surface area contributed by atoms with Crippen molar-refractivity contribution in [2.24, 2.45) is 0 Å². The van der Waals surface area contributed by atoms with Crippen LogP contribution in [0, 0.1) is 0 Å². The molecule has 3 aromatic rings. The van der Waals surface area contributed by atoms with Crippen molar-refractivity contribution in [3.05, 3.63) is 90.3 Å². The molecule has 2 amide bonds. The van der Waals surface area contributed by atoms with E-state index < -0.39 is 0 Å². The molecular formula is C26H30N4O2. The third-order valence-electron chi connectivity index (χ3n) is 5.26. The van der Waals surface area contributed by atoms with E-state index in [-0.39, 0.29) is 18.4 Å². The number of hydrogen-bond acceptors (Lipinski definition) is 4. The van der Waals surface area contributed by atoms with Gasteiger partial charge >= 0.3 is 0 Å². The number of amides is 2. The standard InChI is InChI=1S/C26H30N4O2/c1-3-29(4-2)26(32)17-21-12-14-23(15-13-21)28-25(31)20-30(24-10-6-5-7-11-24)19-22-9-8-16-27-18-22/h5-16,18H,3-4,17,19-20H2,1-2H3,(H,28,31). The minimum Gasteiger partial charge on any atom is -0.358 e. The summed E-state index contributed by atoms with van der Waals surface area (Å²) < 4.78 is 0. The third-order valence-corrected chi connectivity index (χ3v) is 5.26. The molecule has 0 atom stereocenters. The molecule has 6 heteroatoms. The number of benzene rings is 2. The van der Waals surface area contributed by atoms with Crippen LogP contribution < -0.4 is 10.2 Å². The largest absolute Gasteiger partial charge is 0.358 e. The molecule has 0 bridgehead atoms. The van der Waals surface area contributed by atoms with Crippen molar-refractivity contribution < 1.29 is 9.59 Å². The summed E-state index contributed by atoms with van der Waals surface area (Å²) in [5.41, 5.74) is 3.65. The van der Waals surface area contributed by atoms with Crippen LogP contribution in [0.1, 0.15) is 25.0 Å². The van der Waals surface area contributed by atoms with Gasteiger partial charge in [-0.05, 0) is 55.3 Å². The number of nitrogens with zero attached hydrogens (tertiary/aromatic N) is 3. The Morgan fingerprint density at radius 1 is 0.875 bits per heavy atom. The first-order valence-corrected chi connectivity index (χ1v) is 10.9. The van der Waals surface area contributed by atoms with Crippen LogP contribution in [-0.2, 0) is 22.6 Å². The fraction of sp³-hybridized carbons (Fsp3) is 0.269. The number of para-hydroxylation sites is 1. The summed E-state index contributed by atoms with van der Waals surface area (Å²) in [5, 5.41) is 2.96. The first kappa shape index (κ1) is 23.0. The lowest BCUT2D eigenvalue weighted by molar-refractivity contribution is -0.130. The maximum atomic E-state index is 12.8. The molecule has 0 unspecified atom stereocenters. The molecule has 1 heterocycles. The number of carbonyl (C=O) groups excluding carboxylic acids is 2. The minimum absolute atomic E-state index is 0.107. The molecule has 6 nitrogen and oxygen atoms in total. The number of aromatic nitrogens is 1. The topological polar surface area (TPSA) is 65.5 Å². The average molecular weight is 431 g/mol. The lowest BCUT2D eigenvalue weighted by atomic mass is 10.1. The van der Waals surface area contributed by atoms with Gasteiger partial charge in [-0.15, -0.1) is 0 Å². The predicted octanol–water partition coefficient (Wildman–Crippen LogP) is 4.14. The molecule has 3 rings (SSSR count). The Hall–Kier alpha value is -3.67. The van der Waals surface area contributed by atoms with Crippen molar-refractivity contribution in [3.8, 4) is 0 Å². The van der Waals surface area contributed by atoms with E-state index >= 15 is 0 Å². The SMILES string of the molecule is CCN(CC)C(=O)Cc1ccc(NC(=O)CN(Cc2cccnc2)c2ccccc2)cc1. The number of rotatable bonds is 10. The van der Waals surface area contributed by atoms with Gasteiger partial charge in [0.15, 0.2) is 0 Å². The molecular weight excluding hydrogens is 400 g/mol. The number of anilines is 2. The lowest BCUT2D eigenvalue weighted by Crippen LogP contribution is -2.33. The van der Waals surface area contributed by atoms with Gasteiger partial charge in [0.25, 0.3) is 0 Å². The smallest absolute Gasteiger partial charge is 0.243 e. The molecule has 0 aliphatic rings. The van der Waals surface area contributed by atoms with Gasteiger partial charge in [0, 0.05) is 43.4 Å². The highest BCUT2D eigenvalue weighted by Gasteiger charge is 2.14. The van der Waals surface area contributed by atoms with Crippen LogP contribution in [0.15, 0.2) is 79.1 Å². The maximum absolute atomic E-state index is 12.8. The number of pyridine rings is 1. The maximum Gasteiger partial charge on any atom is 0.243 e. The molecule has 0 radical (unpaired) electrons. The zero-order valence-corrected chi connectivity index (χ0v) is 18.7. The van der Waals surface area contributed by atoms with E-state index in [0.717, 1.165) is 16.8 Å². The van der Waals surface area contributed by atoms with Gasteiger partial charge in [-0.2, -0.15) is 0 Å². The van der Waals surface area contributed by atoms with Crippen LogP contribution in [0.4, 0.5) is 11.4 Å². The first-order valence-electron chi connectivity index (χ1n) is 10.9. The summed E-state index contributed by atoms with van der Waals surface area (Å²) in [6.45, 7) is 6.17. The third kappa shape index (κ3) is 6.67. The summed E-state index contributed by atoms with van der Waals surface area (Å²) in [7, 11) is 0. The Labute approximate surface area is 189 Å². The zero-order chi connectivity index (χ0) is 22.8. The normalized spacial score (nSPS) is 10.4. The average Bonchev–Trinajstić information content (AvgIpc) is 2.82. The molecule has 2 aromatic carbocycles. The second-order valence-electron chi connectivity index (χ2n) is 7.54. The van der Waals surface area contributed by atoms with Gasteiger partial charge in [-0.25, -0.2) is 0 Å². The molecule has 0 fully saturated rings. The fourth-order valence-electron chi connectivity index (χ4n) is 3.53. The molecule has 1 N–H and O–H groups in total. The Balaban J connectivity index is 1.62. The molecule has 32 heavy (non-hydrogen) atoms. The van der Waals surface area contributed by atoms with Crippen molar-refractivity contribution in [2.75, 3.05) is 29.9 Å². The van der Waals surface area contributed by atoms with E-state index in [9.17, 15) is 9.59 Å². The highest BCUT2D eigenvalue weighted by atomic mass is 16.2.